The van der Waals surface area contributed by atoms with E-state index in [1.165, 1.54) is 72.1 Å². The lowest BCUT2D eigenvalue weighted by Gasteiger charge is -2.36. The molecule has 4 aliphatic rings. The molecule has 4 saturated heterocycles. The molecule has 2 aromatic heterocycles. The maximum absolute atomic E-state index is 12.1. The van der Waals surface area contributed by atoms with Crippen molar-refractivity contribution in [2.75, 3.05) is 124 Å². The predicted octanol–water partition coefficient (Wildman–Crippen LogP) is 12.2. The van der Waals surface area contributed by atoms with E-state index in [1.54, 1.807) is 35.1 Å². The van der Waals surface area contributed by atoms with Gasteiger partial charge in [-0.05, 0) is 163 Å². The first-order chi connectivity index (χ1) is 48.8. The van der Waals surface area contributed by atoms with E-state index in [0.29, 0.717) is 35.8 Å². The number of rotatable bonds is 12. The van der Waals surface area contributed by atoms with E-state index >= 15 is 0 Å². The molecule has 0 bridgehead atoms. The van der Waals surface area contributed by atoms with Crippen LogP contribution in [0.1, 0.15) is 122 Å². The van der Waals surface area contributed by atoms with Gasteiger partial charge in [-0.25, -0.2) is 19.6 Å². The Kier molecular flexibility index (Phi) is 44.0. The Morgan fingerprint density at radius 3 is 1.12 bits per heavy atom. The molecule has 4 aromatic carbocycles. The summed E-state index contributed by atoms with van der Waals surface area (Å²) in [5.41, 5.74) is 9.43. The second-order valence-electron chi connectivity index (χ2n) is 25.4. The second kappa shape index (κ2) is 50.7. The van der Waals surface area contributed by atoms with E-state index in [9.17, 15) is 14.4 Å². The maximum atomic E-state index is 12.1. The minimum absolute atomic E-state index is 0.186. The molecule has 0 radical (unpaired) electrons. The van der Waals surface area contributed by atoms with E-state index in [1.807, 2.05) is 71.9 Å². The fourth-order valence-electron chi connectivity index (χ4n) is 10.2. The van der Waals surface area contributed by atoms with Crippen LogP contribution in [0.3, 0.4) is 0 Å². The van der Waals surface area contributed by atoms with Gasteiger partial charge in [0.05, 0.1) is 11.1 Å². The highest BCUT2D eigenvalue weighted by atomic mass is 79.9. The molecule has 6 heterocycles. The van der Waals surface area contributed by atoms with Crippen LogP contribution in [-0.2, 0) is 68.7 Å². The first kappa shape index (κ1) is 88.5. The minimum atomic E-state index is -0.427. The van der Waals surface area contributed by atoms with Gasteiger partial charge >= 0.3 is 30.6 Å². The molecular weight excluding hydrogens is 1380 g/mol. The highest BCUT2D eigenvalue weighted by molar-refractivity contribution is 9.10. The smallest absolute Gasteiger partial charge is 0.410 e. The third-order valence-corrected chi connectivity index (χ3v) is 15.8. The lowest BCUT2D eigenvalue weighted by Crippen LogP contribution is -2.50. The summed E-state index contributed by atoms with van der Waals surface area (Å²) < 4.78 is 11.8. The van der Waals surface area contributed by atoms with Gasteiger partial charge in [0.15, 0.2) is 0 Å². The van der Waals surface area contributed by atoms with Gasteiger partial charge in [0.25, 0.3) is 0 Å². The molecule has 25 heteroatoms. The number of anilines is 4. The number of halogens is 2. The molecule has 10 rings (SSSR count). The minimum Gasteiger partial charge on any atom is -0.444 e. The summed E-state index contributed by atoms with van der Waals surface area (Å²) in [5.74, 6) is 1.11. The van der Waals surface area contributed by atoms with Crippen LogP contribution in [0.15, 0.2) is 138 Å². The molecule has 23 nitrogen and oxygen atoms in total. The molecule has 2 N–H and O–H groups in total. The number of aryl methyl sites for hydroxylation is 3. The molecule has 4 fully saturated rings. The normalized spacial score (nSPS) is 13.5. The third kappa shape index (κ3) is 38.3. The standard InChI is InChI=1S/C19H20N4O.C18H28N2O2.C13H20N2.C9H11Br.C9H18N2O2.C6H3ClN2.3CO2/c1-15(24)12-16-2-5-18(6-3-16)22-8-10-23(11-9-22)19-7-4-17(13-20)14-21-19;1-5-6-15-7-9-16(10-8-15)19-11-13-20(14-12-19)17(21)22-18(2,3)4;1-2-3-12-4-6-13(7-5-12)15-10-8-14-9-11-15;1-2-3-8-4-6-9(10)7-5-8;1-9(2,3)13-8(12)11-6-4-10-5-7-11;7-6-2-1-5(3-8)4-9-6;3*2-1-3/h2-7,14H,8-12H2,1H3;7-10H,5-6,11-14H2,1-4H3;4-7,14H,2-3,8-11H2,1H3;4-7H,2-3H2,1H3;10H,4-7H2,1-3H3;1-2,4H;;;. The number of piperazine rings is 4. The summed E-state index contributed by atoms with van der Waals surface area (Å²) in [6.07, 6.45) is 11.0. The summed E-state index contributed by atoms with van der Waals surface area (Å²) in [6.45, 7) is 34.1. The van der Waals surface area contributed by atoms with Crippen LogP contribution < -0.4 is 30.2 Å². The number of Topliss-reactive ketones (excluding diaryl/α,β-unsaturated/α-hetero) is 1. The Morgan fingerprint density at radius 2 is 0.784 bits per heavy atom. The molecule has 0 atom stereocenters. The number of nitriles is 2. The highest BCUT2D eigenvalue weighted by Gasteiger charge is 2.27. The number of pyridine rings is 2. The molecule has 0 unspecified atom stereocenters. The van der Waals surface area contributed by atoms with Crippen LogP contribution in [0.4, 0.5) is 32.5 Å². The van der Waals surface area contributed by atoms with Crippen molar-refractivity contribution in [2.45, 2.75) is 125 Å². The summed E-state index contributed by atoms with van der Waals surface area (Å²) in [4.78, 5) is 104. The Bertz CT molecular complexity index is 3490. The van der Waals surface area contributed by atoms with Crippen LogP contribution in [0.2, 0.25) is 5.15 Å². The largest absolute Gasteiger partial charge is 0.444 e. The van der Waals surface area contributed by atoms with Crippen molar-refractivity contribution in [3.05, 3.63) is 177 Å². The fraction of sp³-hybridized carbons (Fsp3) is 0.455. The zero-order valence-corrected chi connectivity index (χ0v) is 63.0. The zero-order valence-electron chi connectivity index (χ0n) is 60.7. The van der Waals surface area contributed by atoms with Crippen LogP contribution >= 0.6 is 27.5 Å². The van der Waals surface area contributed by atoms with Crippen molar-refractivity contribution in [3.8, 4) is 12.1 Å². The summed E-state index contributed by atoms with van der Waals surface area (Å²) >= 11 is 8.84. The topological polar surface area (TPSA) is 289 Å². The number of nitrogens with zero attached hydrogens (tertiary/aromatic N) is 10. The van der Waals surface area contributed by atoms with Gasteiger partial charge in [-0.2, -0.15) is 39.3 Å². The van der Waals surface area contributed by atoms with Crippen molar-refractivity contribution >= 4 is 86.8 Å². The molecule has 4 aliphatic heterocycles. The fourth-order valence-corrected chi connectivity index (χ4v) is 10.6. The average Bonchev–Trinajstić information content (AvgIpc) is 0.841. The predicted molar refractivity (Wildman–Crippen MR) is 398 cm³/mol. The number of hydrogen-bond donors (Lipinski definition) is 2. The van der Waals surface area contributed by atoms with Crippen LogP contribution in [0.5, 0.6) is 0 Å². The summed E-state index contributed by atoms with van der Waals surface area (Å²) in [6, 6.07) is 45.5. The van der Waals surface area contributed by atoms with Crippen molar-refractivity contribution in [1.29, 1.82) is 10.5 Å². The number of nitrogens with one attached hydrogen (secondary N) is 2. The van der Waals surface area contributed by atoms with Crippen molar-refractivity contribution in [3.63, 3.8) is 0 Å². The Balaban J connectivity index is 0.000000418. The van der Waals surface area contributed by atoms with Crippen LogP contribution in [0, 0.1) is 22.7 Å². The van der Waals surface area contributed by atoms with E-state index in [2.05, 4.69) is 168 Å². The summed E-state index contributed by atoms with van der Waals surface area (Å²) in [7, 11) is 0. The van der Waals surface area contributed by atoms with Crippen molar-refractivity contribution < 1.29 is 52.6 Å². The Morgan fingerprint density at radius 1 is 0.461 bits per heavy atom. The zero-order chi connectivity index (χ0) is 75.7. The van der Waals surface area contributed by atoms with Crippen molar-refractivity contribution in [2.24, 2.45) is 0 Å². The second-order valence-corrected chi connectivity index (χ2v) is 26.7. The highest BCUT2D eigenvalue weighted by Crippen LogP contribution is 2.23. The molecule has 0 aliphatic carbocycles. The quantitative estimate of drug-likeness (QED) is 0.108. The molecule has 6 aromatic rings. The van der Waals surface area contributed by atoms with Gasteiger partial charge < -0.3 is 49.5 Å². The molecule has 0 spiro atoms. The lowest BCUT2D eigenvalue weighted by atomic mass is 10.1. The first-order valence-electron chi connectivity index (χ1n) is 34.1. The number of hydrogen-bond acceptors (Lipinski definition) is 21. The number of aromatic nitrogens is 2. The van der Waals surface area contributed by atoms with Gasteiger partial charge in [-0.15, -0.1) is 0 Å². The number of carbonyl (C=O) groups excluding carboxylic acids is 9. The van der Waals surface area contributed by atoms with Crippen LogP contribution in [-0.4, -0.2) is 172 Å². The lowest BCUT2D eigenvalue weighted by molar-refractivity contribution is -0.193. The molecule has 548 valence electrons. The van der Waals surface area contributed by atoms with E-state index in [4.69, 9.17) is 60.4 Å². The molecule has 0 saturated carbocycles. The molecule has 102 heavy (non-hydrogen) atoms. The third-order valence-electron chi connectivity index (χ3n) is 15.0. The number of carbonyl (C=O) groups is 3. The Hall–Kier alpha value is -9.60. The monoisotopic (exact) mass is 1480 g/mol. The molecular formula is C77H100BrClN12O11. The van der Waals surface area contributed by atoms with Crippen molar-refractivity contribution in [1.82, 2.24) is 30.4 Å². The molecule has 2 amide bonds. The van der Waals surface area contributed by atoms with Gasteiger partial charge in [-0.3, -0.25) is 4.79 Å². The maximum Gasteiger partial charge on any atom is 0.410 e. The van der Waals surface area contributed by atoms with E-state index < -0.39 is 5.60 Å². The average molecular weight is 1490 g/mol. The first-order valence-corrected chi connectivity index (χ1v) is 35.2. The SMILES string of the molecule is CC(=O)Cc1ccc(N2CCN(c3ccc(C#N)cn3)CC2)cc1.CC(C)(C)OC(=O)N1CCNCC1.CCCc1ccc(Br)cc1.CCCc1ccc(N2CCN(C(=O)OC(C)(C)C)CC2)cc1.CCCc1ccc(N2CCNCC2)cc1.N#Cc1ccc(Cl)nc1.O=C=O.O=C=O.O=C=O. The van der Waals surface area contributed by atoms with E-state index in [0.717, 1.165) is 114 Å². The van der Waals surface area contributed by atoms with Gasteiger partial charge in [0.1, 0.15) is 40.1 Å². The van der Waals surface area contributed by atoms with E-state index in [-0.39, 0.29) is 42.0 Å². The van der Waals surface area contributed by atoms with Gasteiger partial charge in [-0.1, -0.05) is 116 Å². The number of amides is 2. The van der Waals surface area contributed by atoms with Gasteiger partial charge in [0.2, 0.25) is 0 Å². The Labute approximate surface area is 615 Å². The van der Waals surface area contributed by atoms with Gasteiger partial charge in [0, 0.05) is 145 Å². The summed E-state index contributed by atoms with van der Waals surface area (Å²) in [5, 5.41) is 24.1. The number of ether oxygens (including phenoxy) is 2. The van der Waals surface area contributed by atoms with Crippen LogP contribution in [0.25, 0.3) is 0 Å². The number of benzene rings is 4. The number of ketones is 1.